The molecule has 1 atom stereocenters. The van der Waals surface area contributed by atoms with E-state index in [2.05, 4.69) is 9.97 Å². The second-order valence-electron chi connectivity index (χ2n) is 6.25. The van der Waals surface area contributed by atoms with Crippen LogP contribution in [0.1, 0.15) is 5.69 Å². The molecular weight excluding hydrogens is 404 g/mol. The number of benzene rings is 3. The number of rotatable bonds is 6. The Morgan fingerprint density at radius 2 is 1.48 bits per heavy atom. The lowest BCUT2D eigenvalue weighted by Crippen LogP contribution is -2.03. The molecule has 0 aliphatic heterocycles. The third-order valence-corrected chi connectivity index (χ3v) is 5.72. The second-order valence-corrected chi connectivity index (χ2v) is 8.13. The lowest BCUT2D eigenvalue weighted by atomic mass is 10.2. The van der Waals surface area contributed by atoms with Gasteiger partial charge in [0.25, 0.3) is 0 Å². The first kappa shape index (κ1) is 19.3. The predicted molar refractivity (Wildman–Crippen MR) is 116 cm³/mol. The van der Waals surface area contributed by atoms with Crippen molar-refractivity contribution in [3.8, 4) is 23.0 Å². The Labute approximate surface area is 176 Å². The van der Waals surface area contributed by atoms with Crippen LogP contribution in [-0.4, -0.2) is 14.2 Å². The van der Waals surface area contributed by atoms with Gasteiger partial charge in [-0.3, -0.25) is 4.21 Å². The summed E-state index contributed by atoms with van der Waals surface area (Å²) in [5.41, 5.74) is 1.50. The zero-order valence-corrected chi connectivity index (χ0v) is 16.9. The number of hydrogen-bond donors (Lipinski definition) is 0. The third kappa shape index (κ3) is 5.08. The molecule has 29 heavy (non-hydrogen) atoms. The highest BCUT2D eigenvalue weighted by atomic mass is 35.5. The molecule has 144 valence electrons. The molecule has 6 heteroatoms. The monoisotopic (exact) mass is 420 g/mol. The van der Waals surface area contributed by atoms with Crippen molar-refractivity contribution >= 4 is 22.4 Å². The Kier molecular flexibility index (Phi) is 5.98. The topological polar surface area (TPSA) is 52.1 Å². The summed E-state index contributed by atoms with van der Waals surface area (Å²) in [6.07, 6.45) is 0. The Morgan fingerprint density at radius 3 is 2.17 bits per heavy atom. The SMILES string of the molecule is O=[S@@](Cc1cc(Oc2ccccc2)nc(-c2ccccc2)n1)c1ccc(Cl)cc1. The van der Waals surface area contributed by atoms with Crippen LogP contribution in [0.15, 0.2) is 95.9 Å². The number of ether oxygens (including phenoxy) is 1. The number of para-hydroxylation sites is 1. The molecule has 0 amide bonds. The fraction of sp³-hybridized carbons (Fsp3) is 0.0435. The summed E-state index contributed by atoms with van der Waals surface area (Å²) in [4.78, 5) is 9.85. The number of nitrogens with zero attached hydrogens (tertiary/aromatic N) is 2. The van der Waals surface area contributed by atoms with Gasteiger partial charge in [0.2, 0.25) is 5.88 Å². The van der Waals surface area contributed by atoms with E-state index in [4.69, 9.17) is 16.3 Å². The van der Waals surface area contributed by atoms with Crippen LogP contribution in [-0.2, 0) is 16.6 Å². The first-order valence-electron chi connectivity index (χ1n) is 8.97. The Bertz CT molecular complexity index is 1120. The molecule has 0 unspecified atom stereocenters. The van der Waals surface area contributed by atoms with Gasteiger partial charge >= 0.3 is 0 Å². The molecule has 0 bridgehead atoms. The molecule has 4 aromatic rings. The standard InChI is InChI=1S/C23H17ClN2O2S/c24-18-11-13-21(14-12-18)29(27)16-19-15-22(28-20-9-5-2-6-10-20)26-23(25-19)17-7-3-1-4-8-17/h1-15H,16H2/t29-/m0/s1. The lowest BCUT2D eigenvalue weighted by molar-refractivity contribution is 0.461. The maximum atomic E-state index is 12.8. The van der Waals surface area contributed by atoms with E-state index in [1.807, 2.05) is 60.7 Å². The minimum absolute atomic E-state index is 0.245. The van der Waals surface area contributed by atoms with Crippen LogP contribution in [0.4, 0.5) is 0 Å². The van der Waals surface area contributed by atoms with Crippen molar-refractivity contribution < 1.29 is 8.95 Å². The zero-order chi connectivity index (χ0) is 20.1. The highest BCUT2D eigenvalue weighted by Gasteiger charge is 2.12. The van der Waals surface area contributed by atoms with Gasteiger partial charge in [-0.15, -0.1) is 0 Å². The van der Waals surface area contributed by atoms with Crippen LogP contribution in [0.2, 0.25) is 5.02 Å². The van der Waals surface area contributed by atoms with E-state index >= 15 is 0 Å². The molecule has 0 aliphatic carbocycles. The van der Waals surface area contributed by atoms with E-state index in [9.17, 15) is 4.21 Å². The first-order valence-corrected chi connectivity index (χ1v) is 10.7. The van der Waals surface area contributed by atoms with Gasteiger partial charge in [0, 0.05) is 21.5 Å². The van der Waals surface area contributed by atoms with Crippen molar-refractivity contribution in [1.82, 2.24) is 9.97 Å². The Balaban J connectivity index is 1.67. The average molecular weight is 421 g/mol. The van der Waals surface area contributed by atoms with Crippen molar-refractivity contribution in [1.29, 1.82) is 0 Å². The van der Waals surface area contributed by atoms with Gasteiger partial charge in [0.1, 0.15) is 5.75 Å². The highest BCUT2D eigenvalue weighted by molar-refractivity contribution is 7.84. The summed E-state index contributed by atoms with van der Waals surface area (Å²) < 4.78 is 18.7. The van der Waals surface area contributed by atoms with E-state index in [1.54, 1.807) is 30.3 Å². The largest absolute Gasteiger partial charge is 0.439 e. The third-order valence-electron chi connectivity index (χ3n) is 4.11. The fourth-order valence-corrected chi connectivity index (χ4v) is 3.88. The Hall–Kier alpha value is -3.02. The minimum Gasteiger partial charge on any atom is -0.439 e. The zero-order valence-electron chi connectivity index (χ0n) is 15.4. The van der Waals surface area contributed by atoms with Gasteiger partial charge in [0.15, 0.2) is 5.82 Å². The van der Waals surface area contributed by atoms with Crippen LogP contribution in [0.5, 0.6) is 11.6 Å². The van der Waals surface area contributed by atoms with Crippen LogP contribution in [0.3, 0.4) is 0 Å². The smallest absolute Gasteiger partial charge is 0.223 e. The summed E-state index contributed by atoms with van der Waals surface area (Å²) in [5, 5.41) is 0.609. The van der Waals surface area contributed by atoms with Crippen molar-refractivity contribution in [3.63, 3.8) is 0 Å². The molecule has 4 rings (SSSR count). The predicted octanol–water partition coefficient (Wildman–Crippen LogP) is 5.90. The molecule has 0 spiro atoms. The van der Waals surface area contributed by atoms with E-state index in [-0.39, 0.29) is 5.75 Å². The minimum atomic E-state index is -1.27. The molecule has 0 N–H and O–H groups in total. The van der Waals surface area contributed by atoms with Crippen molar-refractivity contribution in [3.05, 3.63) is 102 Å². The van der Waals surface area contributed by atoms with Crippen LogP contribution < -0.4 is 4.74 Å². The summed E-state index contributed by atoms with van der Waals surface area (Å²) in [6.45, 7) is 0. The summed E-state index contributed by atoms with van der Waals surface area (Å²) in [7, 11) is -1.27. The second kappa shape index (κ2) is 8.99. The van der Waals surface area contributed by atoms with Crippen LogP contribution in [0, 0.1) is 0 Å². The average Bonchev–Trinajstić information content (AvgIpc) is 2.75. The van der Waals surface area contributed by atoms with Gasteiger partial charge in [-0.1, -0.05) is 60.1 Å². The molecule has 0 saturated heterocycles. The molecule has 0 aliphatic rings. The van der Waals surface area contributed by atoms with Gasteiger partial charge in [0.05, 0.1) is 22.2 Å². The van der Waals surface area contributed by atoms with E-state index < -0.39 is 10.8 Å². The molecule has 0 radical (unpaired) electrons. The molecule has 4 nitrogen and oxygen atoms in total. The molecule has 1 aromatic heterocycles. The number of aromatic nitrogens is 2. The fourth-order valence-electron chi connectivity index (χ4n) is 2.73. The first-order chi connectivity index (χ1) is 14.2. The molecule has 1 heterocycles. The van der Waals surface area contributed by atoms with E-state index in [0.717, 1.165) is 5.56 Å². The maximum absolute atomic E-state index is 12.8. The normalized spacial score (nSPS) is 11.8. The van der Waals surface area contributed by atoms with Gasteiger partial charge in [-0.2, -0.15) is 4.98 Å². The van der Waals surface area contributed by atoms with Crippen molar-refractivity contribution in [2.45, 2.75) is 10.6 Å². The molecule has 0 fully saturated rings. The maximum Gasteiger partial charge on any atom is 0.223 e. The van der Waals surface area contributed by atoms with Gasteiger partial charge in [-0.05, 0) is 36.4 Å². The summed E-state index contributed by atoms with van der Waals surface area (Å²) in [6, 6.07) is 27.8. The van der Waals surface area contributed by atoms with Crippen LogP contribution in [0.25, 0.3) is 11.4 Å². The quantitative estimate of drug-likeness (QED) is 0.390. The van der Waals surface area contributed by atoms with E-state index in [0.29, 0.717) is 33.1 Å². The number of hydrogen-bond acceptors (Lipinski definition) is 4. The summed E-state index contributed by atoms with van der Waals surface area (Å²) >= 11 is 5.93. The van der Waals surface area contributed by atoms with Gasteiger partial charge < -0.3 is 4.74 Å². The van der Waals surface area contributed by atoms with Gasteiger partial charge in [-0.25, -0.2) is 4.98 Å². The van der Waals surface area contributed by atoms with Crippen molar-refractivity contribution in [2.75, 3.05) is 0 Å². The molecule has 0 saturated carbocycles. The van der Waals surface area contributed by atoms with E-state index in [1.165, 1.54) is 0 Å². The van der Waals surface area contributed by atoms with Crippen molar-refractivity contribution in [2.24, 2.45) is 0 Å². The van der Waals surface area contributed by atoms with Crippen LogP contribution >= 0.6 is 11.6 Å². The summed E-state index contributed by atoms with van der Waals surface area (Å²) in [5.74, 6) is 1.86. The lowest BCUT2D eigenvalue weighted by Gasteiger charge is -2.10. The number of halogens is 1. The molecule has 3 aromatic carbocycles. The highest BCUT2D eigenvalue weighted by Crippen LogP contribution is 2.25. The Morgan fingerprint density at radius 1 is 0.828 bits per heavy atom. The molecular formula is C23H17ClN2O2S.